The summed E-state index contributed by atoms with van der Waals surface area (Å²) in [6.07, 6.45) is 5.52. The van der Waals surface area contributed by atoms with Crippen LogP contribution in [0.4, 0.5) is 21.9 Å². The van der Waals surface area contributed by atoms with Crippen LogP contribution < -0.4 is 20.4 Å². The first-order chi connectivity index (χ1) is 21.6. The predicted octanol–water partition coefficient (Wildman–Crippen LogP) is 6.28. The number of amides is 3. The molecule has 0 radical (unpaired) electrons. The van der Waals surface area contributed by atoms with Crippen LogP contribution in [-0.2, 0) is 11.3 Å². The molecule has 2 heterocycles. The van der Waals surface area contributed by atoms with Gasteiger partial charge in [-0.15, -0.1) is 0 Å². The SMILES string of the molecule is CCCN1C(=O)C(NC(=O)Nc2ccc(N3CCN(Cc4ccccc4)CC3)cc2)N=C(C2CCCCC2)c2ccccc21. The molecule has 1 unspecified atom stereocenters. The van der Waals surface area contributed by atoms with E-state index in [1.807, 2.05) is 30.3 Å². The van der Waals surface area contributed by atoms with Gasteiger partial charge in [-0.3, -0.25) is 14.7 Å². The summed E-state index contributed by atoms with van der Waals surface area (Å²) < 4.78 is 0. The number of carbonyl (C=O) groups is 2. The fraction of sp³-hybridized carbons (Fsp3) is 0.417. The Morgan fingerprint density at radius 2 is 1.57 bits per heavy atom. The summed E-state index contributed by atoms with van der Waals surface area (Å²) >= 11 is 0. The van der Waals surface area contributed by atoms with Crippen molar-refractivity contribution in [3.05, 3.63) is 90.0 Å². The molecule has 3 aromatic carbocycles. The molecule has 0 aromatic heterocycles. The van der Waals surface area contributed by atoms with Crippen LogP contribution in [0, 0.1) is 5.92 Å². The number of benzodiazepines with no additional fused rings is 1. The van der Waals surface area contributed by atoms with Gasteiger partial charge in [0.15, 0.2) is 0 Å². The second-order valence-corrected chi connectivity index (χ2v) is 12.2. The Morgan fingerprint density at radius 3 is 2.30 bits per heavy atom. The van der Waals surface area contributed by atoms with E-state index < -0.39 is 12.2 Å². The Hall–Kier alpha value is -4.17. The number of para-hydroxylation sites is 1. The molecule has 44 heavy (non-hydrogen) atoms. The minimum atomic E-state index is -0.975. The molecule has 0 bridgehead atoms. The van der Waals surface area contributed by atoms with E-state index in [2.05, 4.69) is 75.9 Å². The monoisotopic (exact) mass is 592 g/mol. The zero-order valence-corrected chi connectivity index (χ0v) is 25.8. The summed E-state index contributed by atoms with van der Waals surface area (Å²) in [6, 6.07) is 26.2. The number of carbonyl (C=O) groups excluding carboxylic acids is 2. The molecular formula is C36H44N6O2. The van der Waals surface area contributed by atoms with Crippen molar-refractivity contribution < 1.29 is 9.59 Å². The summed E-state index contributed by atoms with van der Waals surface area (Å²) in [5, 5.41) is 5.85. The number of benzene rings is 3. The van der Waals surface area contributed by atoms with Gasteiger partial charge in [0.1, 0.15) is 0 Å². The van der Waals surface area contributed by atoms with Crippen LogP contribution in [0.25, 0.3) is 0 Å². The van der Waals surface area contributed by atoms with Crippen molar-refractivity contribution in [1.82, 2.24) is 10.2 Å². The van der Waals surface area contributed by atoms with Gasteiger partial charge >= 0.3 is 6.03 Å². The minimum absolute atomic E-state index is 0.193. The molecule has 2 aliphatic heterocycles. The summed E-state index contributed by atoms with van der Waals surface area (Å²) in [7, 11) is 0. The molecule has 3 aromatic rings. The number of nitrogens with one attached hydrogen (secondary N) is 2. The van der Waals surface area contributed by atoms with E-state index in [1.54, 1.807) is 4.90 Å². The Balaban J connectivity index is 1.11. The molecule has 1 saturated heterocycles. The highest BCUT2D eigenvalue weighted by Gasteiger charge is 2.34. The van der Waals surface area contributed by atoms with Gasteiger partial charge in [0, 0.05) is 62.1 Å². The number of hydrogen-bond donors (Lipinski definition) is 2. The molecule has 0 spiro atoms. The molecule has 1 aliphatic carbocycles. The number of rotatable bonds is 8. The molecule has 8 nitrogen and oxygen atoms in total. The number of urea groups is 1. The average Bonchev–Trinajstić information content (AvgIpc) is 3.17. The number of anilines is 3. The molecule has 1 atom stereocenters. The van der Waals surface area contributed by atoms with Crippen LogP contribution in [0.3, 0.4) is 0 Å². The highest BCUT2D eigenvalue weighted by molar-refractivity contribution is 6.14. The molecular weight excluding hydrogens is 548 g/mol. The van der Waals surface area contributed by atoms with Gasteiger partial charge in [-0.1, -0.05) is 74.7 Å². The van der Waals surface area contributed by atoms with Gasteiger partial charge in [-0.05, 0) is 55.2 Å². The third kappa shape index (κ3) is 6.97. The summed E-state index contributed by atoms with van der Waals surface area (Å²) in [5.41, 5.74) is 6.03. The lowest BCUT2D eigenvalue weighted by atomic mass is 9.83. The van der Waals surface area contributed by atoms with E-state index in [1.165, 1.54) is 12.0 Å². The smallest absolute Gasteiger partial charge is 0.321 e. The second kappa shape index (κ2) is 14.1. The second-order valence-electron chi connectivity index (χ2n) is 12.2. The Morgan fingerprint density at radius 1 is 0.864 bits per heavy atom. The lowest BCUT2D eigenvalue weighted by Crippen LogP contribution is -2.49. The fourth-order valence-electron chi connectivity index (χ4n) is 6.76. The van der Waals surface area contributed by atoms with Gasteiger partial charge in [0.25, 0.3) is 5.91 Å². The van der Waals surface area contributed by atoms with Crippen LogP contribution in [0.2, 0.25) is 0 Å². The van der Waals surface area contributed by atoms with Gasteiger partial charge in [-0.25, -0.2) is 4.79 Å². The normalized spacial score (nSPS) is 19.6. The lowest BCUT2D eigenvalue weighted by molar-refractivity contribution is -0.120. The van der Waals surface area contributed by atoms with E-state index in [9.17, 15) is 9.59 Å². The number of fused-ring (bicyclic) bond motifs is 1. The third-order valence-electron chi connectivity index (χ3n) is 9.06. The minimum Gasteiger partial charge on any atom is -0.369 e. The van der Waals surface area contributed by atoms with E-state index in [-0.39, 0.29) is 5.91 Å². The average molecular weight is 593 g/mol. The molecule has 1 saturated carbocycles. The number of nitrogens with zero attached hydrogens (tertiary/aromatic N) is 4. The molecule has 3 aliphatic rings. The molecule has 230 valence electrons. The number of piperazine rings is 1. The molecule has 2 fully saturated rings. The maximum atomic E-state index is 13.8. The van der Waals surface area contributed by atoms with Crippen molar-refractivity contribution in [1.29, 1.82) is 0 Å². The van der Waals surface area contributed by atoms with E-state index in [4.69, 9.17) is 4.99 Å². The predicted molar refractivity (Wildman–Crippen MR) is 179 cm³/mol. The molecule has 2 N–H and O–H groups in total. The quantitative estimate of drug-likeness (QED) is 0.323. The van der Waals surface area contributed by atoms with Crippen LogP contribution in [0.1, 0.15) is 56.6 Å². The fourth-order valence-corrected chi connectivity index (χ4v) is 6.76. The van der Waals surface area contributed by atoms with Crippen LogP contribution >= 0.6 is 0 Å². The maximum Gasteiger partial charge on any atom is 0.321 e. The van der Waals surface area contributed by atoms with E-state index >= 15 is 0 Å². The van der Waals surface area contributed by atoms with Gasteiger partial charge in [0.2, 0.25) is 6.17 Å². The van der Waals surface area contributed by atoms with Crippen molar-refractivity contribution in [3.63, 3.8) is 0 Å². The first kappa shape index (κ1) is 29.9. The van der Waals surface area contributed by atoms with Gasteiger partial charge in [-0.2, -0.15) is 0 Å². The van der Waals surface area contributed by atoms with Crippen LogP contribution in [0.5, 0.6) is 0 Å². The third-order valence-corrected chi connectivity index (χ3v) is 9.06. The zero-order chi connectivity index (χ0) is 30.3. The topological polar surface area (TPSA) is 80.3 Å². The van der Waals surface area contributed by atoms with Crippen molar-refractivity contribution in [2.24, 2.45) is 10.9 Å². The number of hydrogen-bond acceptors (Lipinski definition) is 5. The zero-order valence-electron chi connectivity index (χ0n) is 25.8. The molecule has 3 amide bonds. The summed E-state index contributed by atoms with van der Waals surface area (Å²) in [5.74, 6) is 0.0985. The molecule has 6 rings (SSSR count). The van der Waals surface area contributed by atoms with Crippen molar-refractivity contribution in [2.75, 3.05) is 47.8 Å². The van der Waals surface area contributed by atoms with E-state index in [0.717, 1.165) is 87.5 Å². The van der Waals surface area contributed by atoms with E-state index in [0.29, 0.717) is 18.2 Å². The Labute approximate surface area is 261 Å². The Kier molecular flexibility index (Phi) is 9.56. The van der Waals surface area contributed by atoms with Crippen LogP contribution in [-0.4, -0.2) is 61.4 Å². The van der Waals surface area contributed by atoms with Crippen molar-refractivity contribution in [2.45, 2.75) is 58.2 Å². The first-order valence-corrected chi connectivity index (χ1v) is 16.3. The first-order valence-electron chi connectivity index (χ1n) is 16.3. The Bertz CT molecular complexity index is 1440. The van der Waals surface area contributed by atoms with Gasteiger partial charge < -0.3 is 20.4 Å². The lowest BCUT2D eigenvalue weighted by Gasteiger charge is -2.36. The summed E-state index contributed by atoms with van der Waals surface area (Å²) in [6.45, 7) is 7.55. The number of aliphatic imine (C=N–C) groups is 1. The highest BCUT2D eigenvalue weighted by Crippen LogP contribution is 2.34. The standard InChI is InChI=1S/C36H44N6O2/c1-2-21-42-32-16-10-9-15-31(32)33(28-13-7-4-8-14-28)38-34(35(42)43)39-36(44)37-29-17-19-30(20-18-29)41-24-22-40(23-25-41)26-27-11-5-3-6-12-27/h3,5-6,9-12,15-20,28,34H,2,4,7-8,13-14,21-26H2,1H3,(H2,37,39,44). The largest absolute Gasteiger partial charge is 0.369 e. The van der Waals surface area contributed by atoms with Gasteiger partial charge in [0.05, 0.1) is 11.4 Å². The molecule has 8 heteroatoms. The maximum absolute atomic E-state index is 13.8. The highest BCUT2D eigenvalue weighted by atomic mass is 16.2. The van der Waals surface area contributed by atoms with Crippen molar-refractivity contribution >= 4 is 34.7 Å². The summed E-state index contributed by atoms with van der Waals surface area (Å²) in [4.78, 5) is 38.7. The van der Waals surface area contributed by atoms with Crippen LogP contribution in [0.15, 0.2) is 83.9 Å². The van der Waals surface area contributed by atoms with Crippen molar-refractivity contribution in [3.8, 4) is 0 Å².